The molecule has 1 amide bonds. The quantitative estimate of drug-likeness (QED) is 0.877. The van der Waals surface area contributed by atoms with Gasteiger partial charge < -0.3 is 5.73 Å². The van der Waals surface area contributed by atoms with Crippen LogP contribution in [0.2, 0.25) is 0 Å². The smallest absolute Gasteiger partial charge is 0.220 e. The summed E-state index contributed by atoms with van der Waals surface area (Å²) in [5.74, 6) is -0.571. The molecule has 0 bridgehead atoms. The van der Waals surface area contributed by atoms with E-state index in [4.69, 9.17) is 5.73 Å². The molecule has 2 N–H and O–H groups in total. The van der Waals surface area contributed by atoms with E-state index in [1.54, 1.807) is 12.1 Å². The molecule has 0 aliphatic rings. The Morgan fingerprint density at radius 1 is 1.00 bits per heavy atom. The summed E-state index contributed by atoms with van der Waals surface area (Å²) >= 11 is 0. The summed E-state index contributed by atoms with van der Waals surface area (Å²) in [6.07, 6.45) is -1.29. The molecule has 1 unspecified atom stereocenters. The molecule has 0 fully saturated rings. The van der Waals surface area contributed by atoms with Gasteiger partial charge in [-0.15, -0.1) is 0 Å². The molecule has 0 heterocycles. The third-order valence-electron chi connectivity index (χ3n) is 2.78. The second kappa shape index (κ2) is 5.47. The Balaban J connectivity index is 2.40. The van der Waals surface area contributed by atoms with Crippen molar-refractivity contribution in [3.8, 4) is 11.1 Å². The zero-order chi connectivity index (χ0) is 13.0. The van der Waals surface area contributed by atoms with Crippen molar-refractivity contribution in [3.05, 3.63) is 60.2 Å². The van der Waals surface area contributed by atoms with Crippen molar-refractivity contribution >= 4 is 5.91 Å². The Kier molecular flexibility index (Phi) is 3.75. The van der Waals surface area contributed by atoms with Gasteiger partial charge in [0.1, 0.15) is 6.10 Å². The summed E-state index contributed by atoms with van der Waals surface area (Å²) in [7, 11) is 0. The monoisotopic (exact) mass is 240 g/mol. The fourth-order valence-corrected chi connectivity index (χ4v) is 1.95. The summed E-state index contributed by atoms with van der Waals surface area (Å²) in [6, 6.07) is 17.0. The van der Waals surface area contributed by atoms with E-state index in [-0.39, 0.29) is 6.42 Å². The minimum Gasteiger partial charge on any atom is -0.370 e. The van der Waals surface area contributed by atoms with E-state index in [0.717, 1.165) is 11.1 Å². The van der Waals surface area contributed by atoms with Crippen molar-refractivity contribution in [2.45, 2.75) is 12.5 Å². The highest BCUT2D eigenvalue weighted by Crippen LogP contribution is 2.29. The molecule has 0 saturated heterocycles. The molecule has 2 aromatic rings. The summed E-state index contributed by atoms with van der Waals surface area (Å²) in [5, 5.41) is 12.0. The average Bonchev–Trinajstić information content (AvgIpc) is 2.39. The van der Waals surface area contributed by atoms with Gasteiger partial charge >= 0.3 is 0 Å². The maximum atomic E-state index is 12.0. The Hall–Kier alpha value is -2.13. The van der Waals surface area contributed by atoms with Gasteiger partial charge in [0.2, 0.25) is 5.91 Å². The van der Waals surface area contributed by atoms with Crippen molar-refractivity contribution in [2.24, 2.45) is 5.73 Å². The normalized spacial score (nSPS) is 12.1. The van der Waals surface area contributed by atoms with Crippen molar-refractivity contribution in [1.29, 1.82) is 0 Å². The first-order valence-corrected chi connectivity index (χ1v) is 5.77. The molecule has 1 atom stereocenters. The summed E-state index contributed by atoms with van der Waals surface area (Å²) < 4.78 is 0. The number of amides is 1. The molecule has 0 saturated carbocycles. The lowest BCUT2D eigenvalue weighted by molar-refractivity contribution is -0.120. The number of carbonyl (C=O) groups is 1. The number of hydrogen-bond donors (Lipinski definition) is 1. The lowest BCUT2D eigenvalue weighted by atomic mass is 9.95. The van der Waals surface area contributed by atoms with Gasteiger partial charge in [-0.25, -0.2) is 5.11 Å². The largest absolute Gasteiger partial charge is 0.370 e. The molecule has 18 heavy (non-hydrogen) atoms. The molecule has 91 valence electrons. The van der Waals surface area contributed by atoms with E-state index in [2.05, 4.69) is 0 Å². The summed E-state index contributed by atoms with van der Waals surface area (Å²) in [4.78, 5) is 10.9. The number of hydrogen-bond acceptors (Lipinski definition) is 1. The Bertz CT molecular complexity index is 537. The topological polar surface area (TPSA) is 63.0 Å². The molecular formula is C15H14NO2. The van der Waals surface area contributed by atoms with Crippen LogP contribution in [0.15, 0.2) is 54.6 Å². The number of carbonyl (C=O) groups excluding carboxylic acids is 1. The Morgan fingerprint density at radius 2 is 1.61 bits per heavy atom. The van der Waals surface area contributed by atoms with E-state index in [1.165, 1.54) is 0 Å². The van der Waals surface area contributed by atoms with Crippen LogP contribution in [0.4, 0.5) is 0 Å². The standard InChI is InChI=1S/C15H14NO2/c16-15(18)10-14(17)13-9-5-4-8-12(13)11-6-2-1-3-7-11/h1-9,14H,10H2,(H2,16,18). The molecule has 3 nitrogen and oxygen atoms in total. The van der Waals surface area contributed by atoms with Gasteiger partial charge in [0.15, 0.2) is 0 Å². The molecule has 0 aromatic heterocycles. The predicted molar refractivity (Wildman–Crippen MR) is 69.1 cm³/mol. The van der Waals surface area contributed by atoms with Gasteiger partial charge in [-0.3, -0.25) is 4.79 Å². The molecule has 1 radical (unpaired) electrons. The van der Waals surface area contributed by atoms with Gasteiger partial charge in [0.25, 0.3) is 0 Å². The molecule has 0 aliphatic carbocycles. The lowest BCUT2D eigenvalue weighted by Gasteiger charge is -2.12. The Labute approximate surface area is 106 Å². The van der Waals surface area contributed by atoms with Crippen LogP contribution in [0.25, 0.3) is 11.1 Å². The zero-order valence-electron chi connectivity index (χ0n) is 9.87. The van der Waals surface area contributed by atoms with Crippen LogP contribution in [-0.4, -0.2) is 5.91 Å². The SMILES string of the molecule is NC(=O)CC([O])c1ccccc1-c1ccccc1. The maximum Gasteiger partial charge on any atom is 0.220 e. The first kappa shape index (κ1) is 12.3. The van der Waals surface area contributed by atoms with Crippen LogP contribution in [-0.2, 0) is 9.90 Å². The fraction of sp³-hybridized carbons (Fsp3) is 0.133. The van der Waals surface area contributed by atoms with Crippen molar-refractivity contribution < 1.29 is 9.90 Å². The van der Waals surface area contributed by atoms with Gasteiger partial charge in [-0.1, -0.05) is 54.6 Å². The maximum absolute atomic E-state index is 12.0. The number of primary amides is 1. The third kappa shape index (κ3) is 2.76. The number of nitrogens with two attached hydrogens (primary N) is 1. The fourth-order valence-electron chi connectivity index (χ4n) is 1.95. The van der Waals surface area contributed by atoms with Crippen LogP contribution in [0, 0.1) is 0 Å². The molecule has 3 heteroatoms. The minimum atomic E-state index is -1.11. The van der Waals surface area contributed by atoms with E-state index in [1.807, 2.05) is 42.5 Å². The zero-order valence-corrected chi connectivity index (χ0v) is 9.87. The second-order valence-electron chi connectivity index (χ2n) is 4.11. The first-order valence-electron chi connectivity index (χ1n) is 5.77. The highest BCUT2D eigenvalue weighted by atomic mass is 16.3. The predicted octanol–water partition coefficient (Wildman–Crippen LogP) is 2.70. The Morgan fingerprint density at radius 3 is 2.28 bits per heavy atom. The summed E-state index contributed by atoms with van der Waals surface area (Å²) in [5.41, 5.74) is 7.53. The van der Waals surface area contributed by atoms with Crippen LogP contribution in [0.3, 0.4) is 0 Å². The second-order valence-corrected chi connectivity index (χ2v) is 4.11. The van der Waals surface area contributed by atoms with Crippen LogP contribution >= 0.6 is 0 Å². The first-order chi connectivity index (χ1) is 8.68. The van der Waals surface area contributed by atoms with Crippen LogP contribution in [0.1, 0.15) is 18.1 Å². The van der Waals surface area contributed by atoms with E-state index in [0.29, 0.717) is 5.56 Å². The van der Waals surface area contributed by atoms with Gasteiger partial charge in [0.05, 0.1) is 6.42 Å². The van der Waals surface area contributed by atoms with Crippen molar-refractivity contribution in [3.63, 3.8) is 0 Å². The van der Waals surface area contributed by atoms with E-state index < -0.39 is 12.0 Å². The summed E-state index contributed by atoms with van der Waals surface area (Å²) in [6.45, 7) is 0. The number of benzene rings is 2. The van der Waals surface area contributed by atoms with Crippen LogP contribution < -0.4 is 5.73 Å². The average molecular weight is 240 g/mol. The van der Waals surface area contributed by atoms with Crippen molar-refractivity contribution in [2.75, 3.05) is 0 Å². The van der Waals surface area contributed by atoms with Gasteiger partial charge in [-0.05, 0) is 16.7 Å². The van der Waals surface area contributed by atoms with E-state index >= 15 is 0 Å². The minimum absolute atomic E-state index is 0.177. The van der Waals surface area contributed by atoms with Crippen LogP contribution in [0.5, 0.6) is 0 Å². The lowest BCUT2D eigenvalue weighted by Crippen LogP contribution is -2.14. The van der Waals surface area contributed by atoms with Gasteiger partial charge in [0, 0.05) is 0 Å². The van der Waals surface area contributed by atoms with Gasteiger partial charge in [-0.2, -0.15) is 0 Å². The number of rotatable bonds is 4. The molecule has 0 spiro atoms. The van der Waals surface area contributed by atoms with Crippen molar-refractivity contribution in [1.82, 2.24) is 0 Å². The third-order valence-corrected chi connectivity index (χ3v) is 2.78. The molecule has 2 rings (SSSR count). The molecule has 0 aliphatic heterocycles. The highest BCUT2D eigenvalue weighted by molar-refractivity contribution is 5.75. The highest BCUT2D eigenvalue weighted by Gasteiger charge is 2.16. The molecular weight excluding hydrogens is 226 g/mol. The van der Waals surface area contributed by atoms with E-state index in [9.17, 15) is 9.90 Å². The molecule has 2 aromatic carbocycles.